The molecule has 6 nitrogen and oxygen atoms in total. The summed E-state index contributed by atoms with van der Waals surface area (Å²) >= 11 is 0. The Bertz CT molecular complexity index is 245. The van der Waals surface area contributed by atoms with Crippen molar-refractivity contribution in [3.63, 3.8) is 0 Å². The molecule has 18 heavy (non-hydrogen) atoms. The van der Waals surface area contributed by atoms with Crippen LogP contribution in [0.3, 0.4) is 0 Å². The first-order valence-electron chi connectivity index (χ1n) is 6.13. The maximum atomic E-state index is 11.4. The van der Waals surface area contributed by atoms with E-state index in [1.54, 1.807) is 14.0 Å². The standard InChI is InChI=1S/C12H23NO5/c1-3-18-11(9-14)7-12(16)13-8-10(15)5-4-6-17-2/h11,14H,3-9H2,1-2H3,(H,13,16). The number of carbonyl (C=O) groups excluding carboxylic acids is 2. The Kier molecular flexibility index (Phi) is 10.5. The van der Waals surface area contributed by atoms with Gasteiger partial charge in [-0.25, -0.2) is 0 Å². The number of Topliss-reactive ketones (excluding diaryl/α,β-unsaturated/α-hetero) is 1. The molecule has 0 saturated heterocycles. The van der Waals surface area contributed by atoms with Gasteiger partial charge in [0.1, 0.15) is 0 Å². The molecule has 0 heterocycles. The molecular weight excluding hydrogens is 238 g/mol. The van der Waals surface area contributed by atoms with Gasteiger partial charge in [-0.1, -0.05) is 0 Å². The van der Waals surface area contributed by atoms with E-state index in [0.29, 0.717) is 26.1 Å². The van der Waals surface area contributed by atoms with Crippen molar-refractivity contribution in [3.8, 4) is 0 Å². The molecule has 0 aliphatic carbocycles. The molecule has 0 bridgehead atoms. The summed E-state index contributed by atoms with van der Waals surface area (Å²) in [5.74, 6) is -0.319. The predicted molar refractivity (Wildman–Crippen MR) is 66.2 cm³/mol. The average Bonchev–Trinajstić information content (AvgIpc) is 2.36. The van der Waals surface area contributed by atoms with Crippen molar-refractivity contribution in [2.24, 2.45) is 0 Å². The van der Waals surface area contributed by atoms with E-state index in [1.807, 2.05) is 0 Å². The van der Waals surface area contributed by atoms with E-state index in [2.05, 4.69) is 5.32 Å². The molecule has 0 spiro atoms. The van der Waals surface area contributed by atoms with E-state index in [9.17, 15) is 9.59 Å². The summed E-state index contributed by atoms with van der Waals surface area (Å²) in [4.78, 5) is 22.8. The summed E-state index contributed by atoms with van der Waals surface area (Å²) in [5.41, 5.74) is 0. The van der Waals surface area contributed by atoms with Crippen LogP contribution in [0.5, 0.6) is 0 Å². The van der Waals surface area contributed by atoms with Gasteiger partial charge >= 0.3 is 0 Å². The molecule has 0 fully saturated rings. The fourth-order valence-corrected chi connectivity index (χ4v) is 1.39. The summed E-state index contributed by atoms with van der Waals surface area (Å²) < 4.78 is 9.96. The molecule has 6 heteroatoms. The van der Waals surface area contributed by atoms with E-state index in [-0.39, 0.29) is 31.3 Å². The summed E-state index contributed by atoms with van der Waals surface area (Å²) in [6, 6.07) is 0. The molecule has 0 saturated carbocycles. The van der Waals surface area contributed by atoms with Crippen molar-refractivity contribution >= 4 is 11.7 Å². The minimum Gasteiger partial charge on any atom is -0.394 e. The van der Waals surface area contributed by atoms with Crippen molar-refractivity contribution in [2.75, 3.05) is 33.5 Å². The lowest BCUT2D eigenvalue weighted by molar-refractivity contribution is -0.127. The first-order valence-corrected chi connectivity index (χ1v) is 6.13. The lowest BCUT2D eigenvalue weighted by Gasteiger charge is -2.13. The third-order valence-electron chi connectivity index (χ3n) is 2.31. The van der Waals surface area contributed by atoms with Gasteiger partial charge in [-0.3, -0.25) is 9.59 Å². The minimum absolute atomic E-state index is 0.0207. The van der Waals surface area contributed by atoms with Gasteiger partial charge < -0.3 is 19.9 Å². The van der Waals surface area contributed by atoms with Gasteiger partial charge in [-0.05, 0) is 13.3 Å². The van der Waals surface area contributed by atoms with E-state index in [4.69, 9.17) is 14.6 Å². The van der Waals surface area contributed by atoms with E-state index in [1.165, 1.54) is 0 Å². The Morgan fingerprint density at radius 1 is 1.39 bits per heavy atom. The average molecular weight is 261 g/mol. The van der Waals surface area contributed by atoms with Crippen LogP contribution < -0.4 is 5.32 Å². The van der Waals surface area contributed by atoms with E-state index >= 15 is 0 Å². The van der Waals surface area contributed by atoms with Crippen molar-refractivity contribution in [1.82, 2.24) is 5.32 Å². The van der Waals surface area contributed by atoms with Crippen LogP contribution in [0, 0.1) is 0 Å². The molecule has 1 atom stereocenters. The molecule has 106 valence electrons. The number of carbonyl (C=O) groups is 2. The van der Waals surface area contributed by atoms with Gasteiger partial charge in [0, 0.05) is 26.7 Å². The first-order chi connectivity index (χ1) is 8.63. The van der Waals surface area contributed by atoms with E-state index in [0.717, 1.165) is 0 Å². The molecular formula is C12H23NO5. The van der Waals surface area contributed by atoms with Crippen molar-refractivity contribution in [2.45, 2.75) is 32.3 Å². The SMILES string of the molecule is CCOC(CO)CC(=O)NCC(=O)CCCOC. The number of aliphatic hydroxyl groups excluding tert-OH is 1. The van der Waals surface area contributed by atoms with Crippen LogP contribution in [-0.2, 0) is 19.1 Å². The second-order valence-corrected chi connectivity index (χ2v) is 3.88. The largest absolute Gasteiger partial charge is 0.394 e. The minimum atomic E-state index is -0.501. The Labute approximate surface area is 108 Å². The van der Waals surface area contributed by atoms with Crippen LogP contribution in [0.1, 0.15) is 26.2 Å². The molecule has 1 amide bonds. The quantitative estimate of drug-likeness (QED) is 0.507. The molecule has 0 aromatic carbocycles. The maximum absolute atomic E-state index is 11.4. The highest BCUT2D eigenvalue weighted by molar-refractivity contribution is 5.86. The van der Waals surface area contributed by atoms with Crippen LogP contribution in [0.15, 0.2) is 0 Å². The van der Waals surface area contributed by atoms with Gasteiger partial charge in [-0.2, -0.15) is 0 Å². The number of amides is 1. The number of rotatable bonds is 11. The number of nitrogens with one attached hydrogen (secondary N) is 1. The Morgan fingerprint density at radius 2 is 2.11 bits per heavy atom. The number of ether oxygens (including phenoxy) is 2. The Balaban J connectivity index is 3.71. The van der Waals surface area contributed by atoms with Gasteiger partial charge in [0.25, 0.3) is 0 Å². The fraction of sp³-hybridized carbons (Fsp3) is 0.833. The number of hydrogen-bond donors (Lipinski definition) is 2. The summed E-state index contributed by atoms with van der Waals surface area (Å²) in [6.45, 7) is 2.58. The molecule has 2 N–H and O–H groups in total. The first kappa shape index (κ1) is 17.0. The van der Waals surface area contributed by atoms with Crippen LogP contribution in [0.4, 0.5) is 0 Å². The second-order valence-electron chi connectivity index (χ2n) is 3.88. The monoisotopic (exact) mass is 261 g/mol. The predicted octanol–water partition coefficient (Wildman–Crippen LogP) is -0.114. The van der Waals surface area contributed by atoms with Crippen LogP contribution >= 0.6 is 0 Å². The third kappa shape index (κ3) is 9.09. The van der Waals surface area contributed by atoms with Gasteiger partial charge in [0.05, 0.1) is 25.7 Å². The lowest BCUT2D eigenvalue weighted by atomic mass is 10.2. The Hall–Kier alpha value is -0.980. The molecule has 0 aromatic heterocycles. The normalized spacial score (nSPS) is 12.2. The lowest BCUT2D eigenvalue weighted by Crippen LogP contribution is -2.33. The highest BCUT2D eigenvalue weighted by atomic mass is 16.5. The van der Waals surface area contributed by atoms with Crippen LogP contribution in [-0.4, -0.2) is 56.4 Å². The zero-order valence-corrected chi connectivity index (χ0v) is 11.1. The highest BCUT2D eigenvalue weighted by Gasteiger charge is 2.13. The molecule has 0 aliphatic rings. The Morgan fingerprint density at radius 3 is 2.67 bits per heavy atom. The molecule has 0 radical (unpaired) electrons. The van der Waals surface area contributed by atoms with Crippen LogP contribution in [0.2, 0.25) is 0 Å². The molecule has 0 rings (SSSR count). The molecule has 0 aliphatic heterocycles. The summed E-state index contributed by atoms with van der Waals surface area (Å²) in [5, 5.41) is 11.5. The van der Waals surface area contributed by atoms with Gasteiger partial charge in [-0.15, -0.1) is 0 Å². The molecule has 1 unspecified atom stereocenters. The second kappa shape index (κ2) is 11.1. The smallest absolute Gasteiger partial charge is 0.223 e. The zero-order chi connectivity index (χ0) is 13.8. The zero-order valence-electron chi connectivity index (χ0n) is 11.1. The molecule has 0 aromatic rings. The number of aliphatic hydroxyl groups is 1. The van der Waals surface area contributed by atoms with Crippen molar-refractivity contribution in [3.05, 3.63) is 0 Å². The fourth-order valence-electron chi connectivity index (χ4n) is 1.39. The number of methoxy groups -OCH3 is 1. The van der Waals surface area contributed by atoms with Crippen molar-refractivity contribution < 1.29 is 24.2 Å². The number of hydrogen-bond acceptors (Lipinski definition) is 5. The van der Waals surface area contributed by atoms with Gasteiger partial charge in [0.2, 0.25) is 5.91 Å². The highest BCUT2D eigenvalue weighted by Crippen LogP contribution is 1.97. The third-order valence-corrected chi connectivity index (χ3v) is 2.31. The maximum Gasteiger partial charge on any atom is 0.223 e. The summed E-state index contributed by atoms with van der Waals surface area (Å²) in [7, 11) is 1.58. The summed E-state index contributed by atoms with van der Waals surface area (Å²) in [6.07, 6.45) is 0.612. The van der Waals surface area contributed by atoms with Gasteiger partial charge in [0.15, 0.2) is 5.78 Å². The van der Waals surface area contributed by atoms with E-state index < -0.39 is 6.10 Å². The van der Waals surface area contributed by atoms with Crippen LogP contribution in [0.25, 0.3) is 0 Å². The number of ketones is 1. The van der Waals surface area contributed by atoms with Crippen molar-refractivity contribution in [1.29, 1.82) is 0 Å². The topological polar surface area (TPSA) is 84.9 Å².